The number of carbonyl (C=O) groups excluding carboxylic acids is 1. The molecule has 0 saturated heterocycles. The Balaban J connectivity index is 2.48. The Morgan fingerprint density at radius 3 is 2.72 bits per heavy atom. The Kier molecular flexibility index (Phi) is 6.02. The van der Waals surface area contributed by atoms with Crippen LogP contribution in [0.2, 0.25) is 5.02 Å². The molecule has 1 amide bonds. The van der Waals surface area contributed by atoms with E-state index in [1.807, 2.05) is 17.8 Å². The Bertz CT molecular complexity index is 431. The molecule has 18 heavy (non-hydrogen) atoms. The van der Waals surface area contributed by atoms with Crippen molar-refractivity contribution in [1.82, 2.24) is 5.32 Å². The number of carbonyl (C=O) groups is 1. The summed E-state index contributed by atoms with van der Waals surface area (Å²) in [7, 11) is 0. The Morgan fingerprint density at radius 1 is 1.44 bits per heavy atom. The smallest absolute Gasteiger partial charge is 0.252 e. The minimum Gasteiger partial charge on any atom is -0.351 e. The Morgan fingerprint density at radius 2 is 2.11 bits per heavy atom. The van der Waals surface area contributed by atoms with Gasteiger partial charge in [0.05, 0.1) is 10.6 Å². The summed E-state index contributed by atoms with van der Waals surface area (Å²) in [4.78, 5) is 11.9. The molecule has 0 radical (unpaired) electrons. The molecule has 1 aromatic rings. The largest absolute Gasteiger partial charge is 0.351 e. The molecule has 0 spiro atoms. The minimum atomic E-state index is -0.129. The van der Waals surface area contributed by atoms with Crippen LogP contribution in [0.15, 0.2) is 22.7 Å². The van der Waals surface area contributed by atoms with Gasteiger partial charge in [-0.25, -0.2) is 0 Å². The number of nitrogens with one attached hydrogen (secondary N) is 1. The highest BCUT2D eigenvalue weighted by Crippen LogP contribution is 2.23. The lowest BCUT2D eigenvalue weighted by Crippen LogP contribution is -2.27. The van der Waals surface area contributed by atoms with Crippen molar-refractivity contribution in [1.29, 1.82) is 0 Å². The van der Waals surface area contributed by atoms with Crippen LogP contribution in [-0.2, 0) is 0 Å². The van der Waals surface area contributed by atoms with Gasteiger partial charge in [-0.1, -0.05) is 48.3 Å². The van der Waals surface area contributed by atoms with Crippen LogP contribution >= 0.6 is 39.3 Å². The monoisotopic (exact) mass is 349 g/mol. The summed E-state index contributed by atoms with van der Waals surface area (Å²) in [5.74, 6) is 0.761. The van der Waals surface area contributed by atoms with Gasteiger partial charge in [0.15, 0.2) is 0 Å². The fraction of sp³-hybridized carbons (Fsp3) is 0.462. The molecule has 0 fully saturated rings. The van der Waals surface area contributed by atoms with E-state index in [4.69, 9.17) is 11.6 Å². The van der Waals surface area contributed by atoms with E-state index >= 15 is 0 Å². The van der Waals surface area contributed by atoms with E-state index in [2.05, 4.69) is 42.0 Å². The summed E-state index contributed by atoms with van der Waals surface area (Å²) in [6.45, 7) is 7.11. The zero-order valence-corrected chi connectivity index (χ0v) is 13.9. The van der Waals surface area contributed by atoms with Crippen molar-refractivity contribution in [3.05, 3.63) is 33.3 Å². The molecule has 1 rings (SSSR count). The topological polar surface area (TPSA) is 29.1 Å². The van der Waals surface area contributed by atoms with Crippen molar-refractivity contribution in [2.45, 2.75) is 25.5 Å². The molecule has 100 valence electrons. The highest BCUT2D eigenvalue weighted by atomic mass is 79.9. The first-order valence-corrected chi connectivity index (χ1v) is 7.82. The van der Waals surface area contributed by atoms with E-state index in [0.29, 0.717) is 17.1 Å². The summed E-state index contributed by atoms with van der Waals surface area (Å²) in [6.07, 6.45) is 0. The molecule has 1 aromatic carbocycles. The maximum absolute atomic E-state index is 11.9. The molecular formula is C13H17BrClNOS. The number of hydrogen-bond acceptors (Lipinski definition) is 2. The van der Waals surface area contributed by atoms with Crippen molar-refractivity contribution in [2.24, 2.45) is 0 Å². The minimum absolute atomic E-state index is 0.129. The van der Waals surface area contributed by atoms with Gasteiger partial charge in [-0.3, -0.25) is 4.79 Å². The van der Waals surface area contributed by atoms with Gasteiger partial charge in [-0.05, 0) is 18.2 Å². The van der Waals surface area contributed by atoms with Gasteiger partial charge in [0, 0.05) is 21.5 Å². The molecule has 0 saturated carbocycles. The molecule has 0 aliphatic rings. The van der Waals surface area contributed by atoms with Gasteiger partial charge in [-0.2, -0.15) is 11.8 Å². The van der Waals surface area contributed by atoms with Crippen molar-refractivity contribution in [3.8, 4) is 0 Å². The van der Waals surface area contributed by atoms with Gasteiger partial charge in [0.2, 0.25) is 0 Å². The molecule has 1 N–H and O–H groups in total. The van der Waals surface area contributed by atoms with Gasteiger partial charge in [0.1, 0.15) is 0 Å². The maximum atomic E-state index is 11.9. The van der Waals surface area contributed by atoms with E-state index in [9.17, 15) is 4.79 Å². The molecule has 0 heterocycles. The van der Waals surface area contributed by atoms with E-state index in [-0.39, 0.29) is 10.7 Å². The number of amides is 1. The first-order chi connectivity index (χ1) is 8.29. The standard InChI is InChI=1S/C13H17BrClNOS/c1-13(2,3)18-7-6-16-12(17)10-8-9(14)4-5-11(10)15/h4-5,8H,6-7H2,1-3H3,(H,16,17). The molecule has 0 aromatic heterocycles. The first kappa shape index (κ1) is 15.9. The SMILES string of the molecule is CC(C)(C)SCCNC(=O)c1cc(Br)ccc1Cl. The first-order valence-electron chi connectivity index (χ1n) is 5.67. The highest BCUT2D eigenvalue weighted by molar-refractivity contribution is 9.10. The van der Waals surface area contributed by atoms with E-state index < -0.39 is 0 Å². The third kappa shape index (κ3) is 5.63. The normalized spacial score (nSPS) is 11.4. The molecule has 0 atom stereocenters. The summed E-state index contributed by atoms with van der Waals surface area (Å²) >= 11 is 11.1. The van der Waals surface area contributed by atoms with E-state index in [1.54, 1.807) is 12.1 Å². The van der Waals surface area contributed by atoms with Crippen molar-refractivity contribution in [2.75, 3.05) is 12.3 Å². The van der Waals surface area contributed by atoms with E-state index in [0.717, 1.165) is 10.2 Å². The second-order valence-electron chi connectivity index (χ2n) is 4.84. The molecule has 2 nitrogen and oxygen atoms in total. The molecule has 0 unspecified atom stereocenters. The summed E-state index contributed by atoms with van der Waals surface area (Å²) < 4.78 is 1.07. The van der Waals surface area contributed by atoms with Crippen LogP contribution in [0.4, 0.5) is 0 Å². The lowest BCUT2D eigenvalue weighted by molar-refractivity contribution is 0.0956. The Labute approximate surface area is 126 Å². The molecule has 5 heteroatoms. The second-order valence-corrected chi connectivity index (χ2v) is 8.09. The van der Waals surface area contributed by atoms with Crippen LogP contribution < -0.4 is 5.32 Å². The predicted octanol–water partition coefficient (Wildman–Crippen LogP) is 4.36. The van der Waals surface area contributed by atoms with Crippen LogP contribution in [0.1, 0.15) is 31.1 Å². The lowest BCUT2D eigenvalue weighted by atomic mass is 10.2. The summed E-state index contributed by atoms with van der Waals surface area (Å²) in [5, 5.41) is 3.35. The molecular weight excluding hydrogens is 334 g/mol. The third-order valence-electron chi connectivity index (χ3n) is 2.10. The van der Waals surface area contributed by atoms with Crippen LogP contribution in [0.5, 0.6) is 0 Å². The Hall–Kier alpha value is -0.190. The third-order valence-corrected chi connectivity index (χ3v) is 4.19. The highest BCUT2D eigenvalue weighted by Gasteiger charge is 2.12. The second kappa shape index (κ2) is 6.83. The summed E-state index contributed by atoms with van der Waals surface area (Å²) in [6, 6.07) is 5.26. The fourth-order valence-electron chi connectivity index (χ4n) is 1.29. The molecule has 0 aliphatic carbocycles. The van der Waals surface area contributed by atoms with Gasteiger partial charge in [-0.15, -0.1) is 0 Å². The van der Waals surface area contributed by atoms with Gasteiger partial charge < -0.3 is 5.32 Å². The van der Waals surface area contributed by atoms with Crippen molar-refractivity contribution < 1.29 is 4.79 Å². The number of benzene rings is 1. The maximum Gasteiger partial charge on any atom is 0.252 e. The number of rotatable bonds is 4. The summed E-state index contributed by atoms with van der Waals surface area (Å²) in [5.41, 5.74) is 0.506. The van der Waals surface area contributed by atoms with Gasteiger partial charge in [0.25, 0.3) is 5.91 Å². The average Bonchev–Trinajstić information content (AvgIpc) is 2.26. The number of hydrogen-bond donors (Lipinski definition) is 1. The molecule has 0 aliphatic heterocycles. The van der Waals surface area contributed by atoms with Crippen molar-refractivity contribution >= 4 is 45.2 Å². The predicted molar refractivity (Wildman–Crippen MR) is 83.7 cm³/mol. The van der Waals surface area contributed by atoms with E-state index in [1.165, 1.54) is 0 Å². The zero-order chi connectivity index (χ0) is 13.8. The quantitative estimate of drug-likeness (QED) is 0.817. The zero-order valence-electron chi connectivity index (χ0n) is 10.7. The van der Waals surface area contributed by atoms with Crippen LogP contribution in [0.3, 0.4) is 0 Å². The average molecular weight is 351 g/mol. The van der Waals surface area contributed by atoms with Gasteiger partial charge >= 0.3 is 0 Å². The van der Waals surface area contributed by atoms with Crippen LogP contribution in [-0.4, -0.2) is 23.0 Å². The lowest BCUT2D eigenvalue weighted by Gasteiger charge is -2.17. The van der Waals surface area contributed by atoms with Crippen LogP contribution in [0.25, 0.3) is 0 Å². The molecule has 0 bridgehead atoms. The fourth-order valence-corrected chi connectivity index (χ4v) is 2.67. The van der Waals surface area contributed by atoms with Crippen LogP contribution in [0, 0.1) is 0 Å². The van der Waals surface area contributed by atoms with Crippen molar-refractivity contribution in [3.63, 3.8) is 0 Å². The number of halogens is 2. The number of thioether (sulfide) groups is 1.